The van der Waals surface area contributed by atoms with Gasteiger partial charge in [-0.25, -0.2) is 0 Å². The normalized spacial score (nSPS) is 21.4. The summed E-state index contributed by atoms with van der Waals surface area (Å²) in [5.41, 5.74) is 0. The second-order valence-electron chi connectivity index (χ2n) is 4.26. The molecule has 0 amide bonds. The number of hydrogen-bond donors (Lipinski definition) is 2. The number of unbranched alkanes of at least 4 members (excludes halogenated alkanes) is 2. The molecule has 2 N–H and O–H groups in total. The van der Waals surface area contributed by atoms with Gasteiger partial charge in [-0.05, 0) is 13.0 Å². The van der Waals surface area contributed by atoms with E-state index in [1.807, 2.05) is 0 Å². The zero-order valence-electron chi connectivity index (χ0n) is 9.95. The Balaban J connectivity index is 0.00000225. The topological polar surface area (TPSA) is 52.6 Å². The van der Waals surface area contributed by atoms with Crippen LogP contribution in [-0.2, 0) is 4.79 Å². The predicted molar refractivity (Wildman–Crippen MR) is 67.3 cm³/mol. The Labute approximate surface area is 104 Å². The minimum absolute atomic E-state index is 0. The molecule has 1 fully saturated rings. The molecule has 0 radical (unpaired) electrons. The Morgan fingerprint density at radius 3 is 2.88 bits per heavy atom. The Bertz CT molecular complexity index is 202. The van der Waals surface area contributed by atoms with Crippen LogP contribution >= 0.6 is 12.4 Å². The fraction of sp³-hybridized carbons (Fsp3) is 0.909. The van der Waals surface area contributed by atoms with Gasteiger partial charge in [-0.2, -0.15) is 0 Å². The number of carboxylic acids is 1. The van der Waals surface area contributed by atoms with E-state index in [1.54, 1.807) is 0 Å². The molecule has 0 bridgehead atoms. The Morgan fingerprint density at radius 2 is 2.25 bits per heavy atom. The minimum atomic E-state index is -0.706. The van der Waals surface area contributed by atoms with Gasteiger partial charge in [-0.3, -0.25) is 4.79 Å². The van der Waals surface area contributed by atoms with Crippen molar-refractivity contribution < 1.29 is 9.90 Å². The molecule has 1 atom stereocenters. The van der Waals surface area contributed by atoms with Crippen molar-refractivity contribution in [2.45, 2.75) is 38.6 Å². The minimum Gasteiger partial charge on any atom is -0.481 e. The lowest BCUT2D eigenvalue weighted by Gasteiger charge is -2.32. The summed E-state index contributed by atoms with van der Waals surface area (Å²) >= 11 is 0. The van der Waals surface area contributed by atoms with Crippen molar-refractivity contribution in [2.75, 3.05) is 26.2 Å². The summed E-state index contributed by atoms with van der Waals surface area (Å²) in [6, 6.07) is 0.137. The first-order chi connectivity index (χ1) is 7.22. The highest BCUT2D eigenvalue weighted by molar-refractivity contribution is 5.85. The number of halogens is 1. The molecule has 0 aromatic carbocycles. The van der Waals surface area contributed by atoms with Crippen LogP contribution in [0.2, 0.25) is 0 Å². The van der Waals surface area contributed by atoms with Crippen molar-refractivity contribution in [2.24, 2.45) is 0 Å². The van der Waals surface area contributed by atoms with Crippen LogP contribution in [0.5, 0.6) is 0 Å². The summed E-state index contributed by atoms with van der Waals surface area (Å²) in [6.07, 6.45) is 3.98. The number of hydrogen-bond acceptors (Lipinski definition) is 3. The first kappa shape index (κ1) is 15.7. The van der Waals surface area contributed by atoms with E-state index in [0.29, 0.717) is 0 Å². The van der Waals surface area contributed by atoms with E-state index in [4.69, 9.17) is 5.11 Å². The molecular weight excluding hydrogens is 228 g/mol. The van der Waals surface area contributed by atoms with Crippen molar-refractivity contribution >= 4 is 18.4 Å². The van der Waals surface area contributed by atoms with E-state index in [1.165, 1.54) is 19.3 Å². The van der Waals surface area contributed by atoms with E-state index in [-0.39, 0.29) is 24.9 Å². The zero-order valence-corrected chi connectivity index (χ0v) is 10.8. The van der Waals surface area contributed by atoms with Crippen LogP contribution in [0, 0.1) is 0 Å². The summed E-state index contributed by atoms with van der Waals surface area (Å²) in [5.74, 6) is -0.706. The van der Waals surface area contributed by atoms with Crippen molar-refractivity contribution in [3.63, 3.8) is 0 Å². The molecule has 5 heteroatoms. The van der Waals surface area contributed by atoms with Crippen LogP contribution in [0.4, 0.5) is 0 Å². The molecule has 1 heterocycles. The maximum absolute atomic E-state index is 10.6. The molecule has 1 aliphatic heterocycles. The van der Waals surface area contributed by atoms with E-state index < -0.39 is 5.97 Å². The summed E-state index contributed by atoms with van der Waals surface area (Å²) < 4.78 is 0. The first-order valence-electron chi connectivity index (χ1n) is 5.90. The van der Waals surface area contributed by atoms with Gasteiger partial charge in [0.15, 0.2) is 0 Å². The van der Waals surface area contributed by atoms with Crippen LogP contribution in [0.15, 0.2) is 0 Å². The summed E-state index contributed by atoms with van der Waals surface area (Å²) in [4.78, 5) is 13.0. The molecule has 0 aliphatic carbocycles. The molecule has 0 spiro atoms. The molecule has 16 heavy (non-hydrogen) atoms. The zero-order chi connectivity index (χ0) is 11.1. The highest BCUT2D eigenvalue weighted by atomic mass is 35.5. The smallest absolute Gasteiger partial charge is 0.304 e. The maximum atomic E-state index is 10.6. The van der Waals surface area contributed by atoms with E-state index in [2.05, 4.69) is 17.1 Å². The lowest BCUT2D eigenvalue weighted by Crippen LogP contribution is -2.51. The van der Waals surface area contributed by atoms with Gasteiger partial charge in [0.2, 0.25) is 0 Å². The quantitative estimate of drug-likeness (QED) is 0.699. The molecule has 0 aromatic heterocycles. The average molecular weight is 251 g/mol. The van der Waals surface area contributed by atoms with Crippen LogP contribution in [-0.4, -0.2) is 48.2 Å². The van der Waals surface area contributed by atoms with Gasteiger partial charge in [0.1, 0.15) is 0 Å². The van der Waals surface area contributed by atoms with Crippen molar-refractivity contribution in [3.05, 3.63) is 0 Å². The van der Waals surface area contributed by atoms with E-state index in [9.17, 15) is 4.79 Å². The molecule has 1 unspecified atom stereocenters. The number of rotatable bonds is 6. The summed E-state index contributed by atoms with van der Waals surface area (Å²) in [6.45, 7) is 6.18. The number of carboxylic acid groups (broad SMARTS) is 1. The number of nitrogens with zero attached hydrogens (tertiary/aromatic N) is 1. The molecule has 1 aliphatic rings. The predicted octanol–water partition coefficient (Wildman–Crippen LogP) is 1.35. The van der Waals surface area contributed by atoms with Crippen LogP contribution in [0.3, 0.4) is 0 Å². The van der Waals surface area contributed by atoms with Gasteiger partial charge in [-0.1, -0.05) is 19.8 Å². The van der Waals surface area contributed by atoms with E-state index in [0.717, 1.165) is 26.2 Å². The number of piperazine rings is 1. The molecular formula is C11H23ClN2O2. The second-order valence-corrected chi connectivity index (χ2v) is 4.26. The largest absolute Gasteiger partial charge is 0.481 e. The van der Waals surface area contributed by atoms with Gasteiger partial charge in [0, 0.05) is 25.7 Å². The number of carbonyl (C=O) groups is 1. The Morgan fingerprint density at radius 1 is 1.50 bits per heavy atom. The van der Waals surface area contributed by atoms with Gasteiger partial charge in [0.25, 0.3) is 0 Å². The fourth-order valence-corrected chi connectivity index (χ4v) is 2.03. The standard InChI is InChI=1S/C11H22N2O2.ClH/c1-2-3-4-6-13-7-5-12-10(9-13)8-11(14)15;/h10,12H,2-9H2,1H3,(H,14,15);1H. The third-order valence-electron chi connectivity index (χ3n) is 2.84. The fourth-order valence-electron chi connectivity index (χ4n) is 2.03. The highest BCUT2D eigenvalue weighted by Crippen LogP contribution is 2.05. The van der Waals surface area contributed by atoms with Gasteiger partial charge in [0.05, 0.1) is 6.42 Å². The SMILES string of the molecule is CCCCCN1CCNC(CC(=O)O)C1.Cl. The summed E-state index contributed by atoms with van der Waals surface area (Å²) in [5, 5.41) is 12.0. The molecule has 0 aromatic rings. The van der Waals surface area contributed by atoms with E-state index >= 15 is 0 Å². The number of nitrogens with one attached hydrogen (secondary N) is 1. The first-order valence-corrected chi connectivity index (χ1v) is 5.90. The lowest BCUT2D eigenvalue weighted by molar-refractivity contribution is -0.137. The molecule has 96 valence electrons. The molecule has 4 nitrogen and oxygen atoms in total. The van der Waals surface area contributed by atoms with Gasteiger partial charge in [-0.15, -0.1) is 12.4 Å². The Hall–Kier alpha value is -0.320. The average Bonchev–Trinajstić information content (AvgIpc) is 2.18. The van der Waals surface area contributed by atoms with Crippen LogP contribution in [0.1, 0.15) is 32.6 Å². The number of aliphatic carboxylic acids is 1. The van der Waals surface area contributed by atoms with Crippen molar-refractivity contribution in [1.82, 2.24) is 10.2 Å². The van der Waals surface area contributed by atoms with Gasteiger partial charge >= 0.3 is 5.97 Å². The van der Waals surface area contributed by atoms with Crippen molar-refractivity contribution in [1.29, 1.82) is 0 Å². The second kappa shape index (κ2) is 8.79. The third-order valence-corrected chi connectivity index (χ3v) is 2.84. The summed E-state index contributed by atoms with van der Waals surface area (Å²) in [7, 11) is 0. The van der Waals surface area contributed by atoms with Gasteiger partial charge < -0.3 is 15.3 Å². The molecule has 0 saturated carbocycles. The maximum Gasteiger partial charge on any atom is 0.304 e. The van der Waals surface area contributed by atoms with Crippen LogP contribution in [0.25, 0.3) is 0 Å². The third kappa shape index (κ3) is 6.30. The monoisotopic (exact) mass is 250 g/mol. The van der Waals surface area contributed by atoms with Crippen molar-refractivity contribution in [3.8, 4) is 0 Å². The highest BCUT2D eigenvalue weighted by Gasteiger charge is 2.20. The molecule has 1 rings (SSSR count). The molecule has 1 saturated heterocycles. The Kier molecular flexibility index (Phi) is 8.61. The van der Waals surface area contributed by atoms with Crippen LogP contribution < -0.4 is 5.32 Å². The lowest BCUT2D eigenvalue weighted by atomic mass is 10.1.